The van der Waals surface area contributed by atoms with Crippen LogP contribution in [0.25, 0.3) is 0 Å². The molecule has 0 bridgehead atoms. The summed E-state index contributed by atoms with van der Waals surface area (Å²) in [6, 6.07) is 7.57. The highest BCUT2D eigenvalue weighted by molar-refractivity contribution is 7.99. The number of hydrogen-bond donors (Lipinski definition) is 0. The van der Waals surface area contributed by atoms with E-state index in [1.165, 1.54) is 25.5 Å². The van der Waals surface area contributed by atoms with E-state index in [0.29, 0.717) is 10.6 Å². The molecule has 1 aromatic carbocycles. The topological polar surface area (TPSA) is 29.3 Å². The zero-order chi connectivity index (χ0) is 10.7. The van der Waals surface area contributed by atoms with Gasteiger partial charge in [-0.3, -0.25) is 0 Å². The van der Waals surface area contributed by atoms with Crippen molar-refractivity contribution >= 4 is 17.4 Å². The minimum absolute atomic E-state index is 0.533. The van der Waals surface area contributed by atoms with Crippen LogP contribution in [0.3, 0.4) is 0 Å². The highest BCUT2D eigenvalue weighted by Gasteiger charge is 2.22. The summed E-state index contributed by atoms with van der Waals surface area (Å²) in [5.74, 6) is 0.982. The van der Waals surface area contributed by atoms with Crippen LogP contribution in [-0.2, 0) is 10.6 Å². The molecular formula is C11H14NO2S+. The van der Waals surface area contributed by atoms with E-state index in [9.17, 15) is 4.91 Å². The summed E-state index contributed by atoms with van der Waals surface area (Å²) in [7, 11) is 1.37. The molecule has 0 aromatic heterocycles. The van der Waals surface area contributed by atoms with Crippen LogP contribution in [0.1, 0.15) is 18.4 Å². The van der Waals surface area contributed by atoms with Gasteiger partial charge in [-0.05, 0) is 18.4 Å². The van der Waals surface area contributed by atoms with Crippen LogP contribution in [0.4, 0.5) is 5.69 Å². The fraction of sp³-hybridized carbons (Fsp3) is 0.455. The van der Waals surface area contributed by atoms with Crippen molar-refractivity contribution in [2.45, 2.75) is 23.8 Å². The summed E-state index contributed by atoms with van der Waals surface area (Å²) in [5, 5.41) is 0.847. The van der Waals surface area contributed by atoms with Crippen molar-refractivity contribution in [2.24, 2.45) is 0 Å². The van der Waals surface area contributed by atoms with Gasteiger partial charge in [0.05, 0.1) is 4.91 Å². The monoisotopic (exact) mass is 224 g/mol. The van der Waals surface area contributed by atoms with E-state index in [4.69, 9.17) is 0 Å². The Morgan fingerprint density at radius 2 is 2.33 bits per heavy atom. The van der Waals surface area contributed by atoms with Gasteiger partial charge in [0.15, 0.2) is 7.11 Å². The number of benzene rings is 1. The quantitative estimate of drug-likeness (QED) is 0.720. The largest absolute Gasteiger partial charge is 0.317 e. The van der Waals surface area contributed by atoms with Gasteiger partial charge in [0, 0.05) is 23.1 Å². The van der Waals surface area contributed by atoms with Crippen molar-refractivity contribution in [3.05, 3.63) is 34.7 Å². The smallest absolute Gasteiger partial charge is 0.230 e. The molecule has 2 rings (SSSR count). The zero-order valence-electron chi connectivity index (χ0n) is 8.68. The Hall–Kier alpha value is -1.03. The fourth-order valence-corrected chi connectivity index (χ4v) is 2.39. The molecule has 1 fully saturated rings. The van der Waals surface area contributed by atoms with Crippen LogP contribution in [0, 0.1) is 4.91 Å². The molecule has 0 heterocycles. The maximum absolute atomic E-state index is 11.2. The molecule has 1 aliphatic carbocycles. The Balaban J connectivity index is 2.00. The van der Waals surface area contributed by atoms with Crippen LogP contribution >= 0.6 is 11.8 Å². The molecule has 0 amide bonds. The normalized spacial score (nSPS) is 15.0. The van der Waals surface area contributed by atoms with Crippen molar-refractivity contribution in [1.29, 1.82) is 0 Å². The molecule has 80 valence electrons. The number of rotatable bonds is 5. The maximum atomic E-state index is 11.2. The summed E-state index contributed by atoms with van der Waals surface area (Å²) in [6.07, 6.45) is 2.69. The summed E-state index contributed by atoms with van der Waals surface area (Å²) < 4.78 is 0. The van der Waals surface area contributed by atoms with Gasteiger partial charge in [0.2, 0.25) is 0 Å². The van der Waals surface area contributed by atoms with E-state index >= 15 is 0 Å². The van der Waals surface area contributed by atoms with Gasteiger partial charge in [-0.2, -0.15) is 11.8 Å². The zero-order valence-corrected chi connectivity index (χ0v) is 9.50. The van der Waals surface area contributed by atoms with E-state index in [1.807, 2.05) is 30.0 Å². The number of thioether (sulfide) groups is 1. The van der Waals surface area contributed by atoms with Gasteiger partial charge in [0.25, 0.3) is 4.92 Å². The second-order valence-electron chi connectivity index (χ2n) is 3.62. The molecule has 1 saturated carbocycles. The lowest BCUT2D eigenvalue weighted by molar-refractivity contribution is -0.736. The Morgan fingerprint density at radius 1 is 1.53 bits per heavy atom. The lowest BCUT2D eigenvalue weighted by Gasteiger charge is -1.98. The van der Waals surface area contributed by atoms with Crippen molar-refractivity contribution in [3.63, 3.8) is 0 Å². The number of hydrogen-bond acceptors (Lipinski definition) is 3. The van der Waals surface area contributed by atoms with Gasteiger partial charge < -0.3 is 0 Å². The highest BCUT2D eigenvalue weighted by Crippen LogP contribution is 2.36. The van der Waals surface area contributed by atoms with Crippen molar-refractivity contribution in [2.75, 3.05) is 7.11 Å². The molecule has 0 N–H and O–H groups in total. The molecule has 0 unspecified atom stereocenters. The van der Waals surface area contributed by atoms with Crippen LogP contribution in [0.2, 0.25) is 0 Å². The highest BCUT2D eigenvalue weighted by atomic mass is 32.2. The SMILES string of the molecule is CO[N+](=O)c1cccc(CSC2CC2)c1. The second-order valence-corrected chi connectivity index (χ2v) is 4.91. The van der Waals surface area contributed by atoms with Crippen LogP contribution < -0.4 is 0 Å². The summed E-state index contributed by atoms with van der Waals surface area (Å²) in [5.41, 5.74) is 1.74. The first-order valence-corrected chi connectivity index (χ1v) is 6.06. The molecule has 4 heteroatoms. The van der Waals surface area contributed by atoms with Gasteiger partial charge in [0.1, 0.15) is 0 Å². The molecule has 3 nitrogen and oxygen atoms in total. The molecule has 15 heavy (non-hydrogen) atoms. The molecule has 1 aromatic rings. The van der Waals surface area contributed by atoms with E-state index in [-0.39, 0.29) is 0 Å². The standard InChI is InChI=1S/C11H14NO2S/c1-14-12(13)10-4-2-3-9(7-10)8-15-11-5-6-11/h2-4,7,11H,5-6,8H2,1H3/q+1. The third-order valence-corrected chi connectivity index (χ3v) is 3.74. The van der Waals surface area contributed by atoms with Crippen molar-refractivity contribution < 1.29 is 9.76 Å². The molecule has 0 saturated heterocycles. The van der Waals surface area contributed by atoms with E-state index in [2.05, 4.69) is 4.84 Å². The van der Waals surface area contributed by atoms with E-state index < -0.39 is 0 Å². The Labute approximate surface area is 93.3 Å². The van der Waals surface area contributed by atoms with Crippen molar-refractivity contribution in [3.8, 4) is 0 Å². The first kappa shape index (κ1) is 10.5. The Kier molecular flexibility index (Phi) is 3.26. The van der Waals surface area contributed by atoms with Gasteiger partial charge in [-0.1, -0.05) is 12.1 Å². The molecule has 0 atom stereocenters. The van der Waals surface area contributed by atoms with Gasteiger partial charge in [-0.15, -0.1) is 0 Å². The summed E-state index contributed by atoms with van der Waals surface area (Å²) in [6.45, 7) is 0. The van der Waals surface area contributed by atoms with E-state index in [0.717, 1.165) is 11.0 Å². The first-order valence-electron chi connectivity index (χ1n) is 5.01. The molecule has 1 aliphatic rings. The predicted molar refractivity (Wildman–Crippen MR) is 61.1 cm³/mol. The lowest BCUT2D eigenvalue weighted by atomic mass is 10.2. The average molecular weight is 224 g/mol. The molecular weight excluding hydrogens is 210 g/mol. The Bertz CT molecular complexity index is 363. The third-order valence-electron chi connectivity index (χ3n) is 2.30. The summed E-state index contributed by atoms with van der Waals surface area (Å²) in [4.78, 5) is 16.3. The van der Waals surface area contributed by atoms with E-state index in [1.54, 1.807) is 6.07 Å². The average Bonchev–Trinajstić information content (AvgIpc) is 3.09. The third kappa shape index (κ3) is 2.96. The van der Waals surface area contributed by atoms with Crippen LogP contribution in [0.5, 0.6) is 0 Å². The Morgan fingerprint density at radius 3 is 3.00 bits per heavy atom. The van der Waals surface area contributed by atoms with Gasteiger partial charge >= 0.3 is 5.69 Å². The molecule has 0 aliphatic heterocycles. The van der Waals surface area contributed by atoms with Crippen LogP contribution in [-0.4, -0.2) is 17.3 Å². The number of nitrogens with zero attached hydrogens (tertiary/aromatic N) is 1. The maximum Gasteiger partial charge on any atom is 0.317 e. The first-order chi connectivity index (χ1) is 7.29. The fourth-order valence-electron chi connectivity index (χ4n) is 1.31. The van der Waals surface area contributed by atoms with Gasteiger partial charge in [-0.25, -0.2) is 4.84 Å². The molecule has 0 radical (unpaired) electrons. The summed E-state index contributed by atoms with van der Waals surface area (Å²) >= 11 is 1.96. The molecule has 0 spiro atoms. The van der Waals surface area contributed by atoms with Crippen LogP contribution in [0.15, 0.2) is 24.3 Å². The second kappa shape index (κ2) is 4.66. The minimum atomic E-state index is 0.533. The predicted octanol–water partition coefficient (Wildman–Crippen LogP) is 3.05. The minimum Gasteiger partial charge on any atom is -0.230 e. The lowest BCUT2D eigenvalue weighted by Crippen LogP contribution is -1.98. The van der Waals surface area contributed by atoms with Crippen molar-refractivity contribution in [1.82, 2.24) is 0 Å².